The van der Waals surface area contributed by atoms with Crippen LogP contribution in [0.15, 0.2) is 109 Å². The van der Waals surface area contributed by atoms with Gasteiger partial charge in [-0.15, -0.1) is 0 Å². The van der Waals surface area contributed by atoms with E-state index in [1.165, 1.54) is 11.1 Å². The molecule has 2 heteroatoms. The zero-order chi connectivity index (χ0) is 20.3. The molecule has 2 N–H and O–H groups in total. The summed E-state index contributed by atoms with van der Waals surface area (Å²) >= 11 is 0. The van der Waals surface area contributed by atoms with Crippen LogP contribution in [0.4, 0.5) is 0 Å². The Morgan fingerprint density at radius 1 is 0.517 bits per heavy atom. The van der Waals surface area contributed by atoms with E-state index in [4.69, 9.17) is 0 Å². The Hall–Kier alpha value is -3.52. The lowest BCUT2D eigenvalue weighted by Gasteiger charge is -2.40. The summed E-state index contributed by atoms with van der Waals surface area (Å²) in [6.07, 6.45) is 0. The molecule has 0 saturated carbocycles. The van der Waals surface area contributed by atoms with E-state index >= 15 is 0 Å². The van der Waals surface area contributed by atoms with Gasteiger partial charge in [0.25, 0.3) is 0 Å². The zero-order valence-corrected chi connectivity index (χ0v) is 16.4. The Kier molecular flexibility index (Phi) is 5.09. The zero-order valence-electron chi connectivity index (χ0n) is 16.4. The van der Waals surface area contributed by atoms with E-state index < -0.39 is 5.41 Å². The molecule has 4 rings (SSSR count). The summed E-state index contributed by atoms with van der Waals surface area (Å²) in [5, 5.41) is 19.7. The molecule has 0 amide bonds. The van der Waals surface area contributed by atoms with Crippen molar-refractivity contribution >= 4 is 0 Å². The number of benzene rings is 4. The van der Waals surface area contributed by atoms with Crippen molar-refractivity contribution in [3.05, 3.63) is 131 Å². The van der Waals surface area contributed by atoms with E-state index in [-0.39, 0.29) is 17.4 Å². The molecule has 0 atom stereocenters. The molecule has 0 bridgehead atoms. The Bertz CT molecular complexity index is 968. The van der Waals surface area contributed by atoms with E-state index in [0.29, 0.717) is 0 Å². The summed E-state index contributed by atoms with van der Waals surface area (Å²) in [5.74, 6) is 0.537. The minimum absolute atomic E-state index is 0.0407. The van der Waals surface area contributed by atoms with Crippen molar-refractivity contribution in [2.75, 3.05) is 0 Å². The highest BCUT2D eigenvalue weighted by Gasteiger charge is 2.39. The molecule has 0 fully saturated rings. The number of hydrogen-bond donors (Lipinski definition) is 2. The molecule has 0 aliphatic carbocycles. The Morgan fingerprint density at radius 3 is 1.21 bits per heavy atom. The van der Waals surface area contributed by atoms with Crippen LogP contribution in [0.3, 0.4) is 0 Å². The first-order chi connectivity index (χ1) is 14.1. The maximum atomic E-state index is 9.87. The van der Waals surface area contributed by atoms with Crippen LogP contribution in [-0.2, 0) is 5.41 Å². The van der Waals surface area contributed by atoms with Crippen molar-refractivity contribution in [1.82, 2.24) is 0 Å². The molecule has 0 unspecified atom stereocenters. The Balaban J connectivity index is 2.01. The normalized spacial score (nSPS) is 11.5. The van der Waals surface area contributed by atoms with Crippen LogP contribution in [0.25, 0.3) is 0 Å². The van der Waals surface area contributed by atoms with Crippen LogP contribution in [0, 0.1) is 0 Å². The fraction of sp³-hybridized carbons (Fsp3) is 0.111. The SMILES string of the molecule is CC(c1ccc(O)cc1)(c1ccc(O)cc1)C(c1ccccc1)c1ccccc1. The fourth-order valence-electron chi connectivity index (χ4n) is 4.27. The fourth-order valence-corrected chi connectivity index (χ4v) is 4.27. The van der Waals surface area contributed by atoms with Crippen LogP contribution < -0.4 is 0 Å². The van der Waals surface area contributed by atoms with Gasteiger partial charge in [-0.2, -0.15) is 0 Å². The molecule has 0 saturated heterocycles. The van der Waals surface area contributed by atoms with Gasteiger partial charge in [0.1, 0.15) is 11.5 Å². The Morgan fingerprint density at radius 2 is 0.862 bits per heavy atom. The summed E-state index contributed by atoms with van der Waals surface area (Å²) < 4.78 is 0. The quantitative estimate of drug-likeness (QED) is 0.430. The molecule has 0 heterocycles. The monoisotopic (exact) mass is 380 g/mol. The van der Waals surface area contributed by atoms with Crippen LogP contribution >= 0.6 is 0 Å². The van der Waals surface area contributed by atoms with Gasteiger partial charge in [0.2, 0.25) is 0 Å². The standard InChI is InChI=1S/C27H24O2/c1-27(22-12-16-24(28)17-13-22,23-14-18-25(29)19-15-23)26(20-8-4-2-5-9-20)21-10-6-3-7-11-21/h2-19,26,28-29H,1H3. The van der Waals surface area contributed by atoms with E-state index in [1.54, 1.807) is 24.3 Å². The summed E-state index contributed by atoms with van der Waals surface area (Å²) in [7, 11) is 0. The first kappa shape index (κ1) is 18.8. The van der Waals surface area contributed by atoms with Gasteiger partial charge in [-0.05, 0) is 46.5 Å². The smallest absolute Gasteiger partial charge is 0.115 e. The summed E-state index contributed by atoms with van der Waals surface area (Å²) in [6, 6.07) is 35.9. The van der Waals surface area contributed by atoms with Crippen molar-refractivity contribution in [3.63, 3.8) is 0 Å². The second-order valence-corrected chi connectivity index (χ2v) is 7.55. The molecular weight excluding hydrogens is 356 g/mol. The number of aromatic hydroxyl groups is 2. The van der Waals surface area contributed by atoms with Gasteiger partial charge in [-0.1, -0.05) is 91.9 Å². The number of rotatable bonds is 5. The van der Waals surface area contributed by atoms with Crippen LogP contribution in [0.2, 0.25) is 0 Å². The van der Waals surface area contributed by atoms with Gasteiger partial charge in [0.15, 0.2) is 0 Å². The molecule has 144 valence electrons. The van der Waals surface area contributed by atoms with Crippen molar-refractivity contribution < 1.29 is 10.2 Å². The molecule has 29 heavy (non-hydrogen) atoms. The highest BCUT2D eigenvalue weighted by atomic mass is 16.3. The number of hydrogen-bond acceptors (Lipinski definition) is 2. The third-order valence-electron chi connectivity index (χ3n) is 5.78. The number of phenols is 2. The van der Waals surface area contributed by atoms with Gasteiger partial charge in [0, 0.05) is 11.3 Å². The lowest BCUT2D eigenvalue weighted by Crippen LogP contribution is -2.32. The molecule has 2 nitrogen and oxygen atoms in total. The van der Waals surface area contributed by atoms with E-state index in [9.17, 15) is 10.2 Å². The third kappa shape index (κ3) is 3.62. The molecule has 4 aromatic rings. The Labute approximate surface area is 171 Å². The van der Waals surface area contributed by atoms with Crippen molar-refractivity contribution in [2.45, 2.75) is 18.3 Å². The van der Waals surface area contributed by atoms with Gasteiger partial charge in [0.05, 0.1) is 0 Å². The maximum absolute atomic E-state index is 9.87. The lowest BCUT2D eigenvalue weighted by atomic mass is 9.62. The molecule has 0 aromatic heterocycles. The van der Waals surface area contributed by atoms with E-state index in [1.807, 2.05) is 36.4 Å². The van der Waals surface area contributed by atoms with Gasteiger partial charge in [-0.25, -0.2) is 0 Å². The van der Waals surface area contributed by atoms with Crippen LogP contribution in [-0.4, -0.2) is 10.2 Å². The minimum Gasteiger partial charge on any atom is -0.508 e. The predicted octanol–water partition coefficient (Wildman–Crippen LogP) is 6.24. The first-order valence-electron chi connectivity index (χ1n) is 9.78. The molecule has 0 radical (unpaired) electrons. The van der Waals surface area contributed by atoms with Gasteiger partial charge < -0.3 is 10.2 Å². The third-order valence-corrected chi connectivity index (χ3v) is 5.78. The first-order valence-corrected chi connectivity index (χ1v) is 9.78. The van der Waals surface area contributed by atoms with Gasteiger partial charge in [-0.3, -0.25) is 0 Å². The van der Waals surface area contributed by atoms with Crippen molar-refractivity contribution in [3.8, 4) is 11.5 Å². The lowest BCUT2D eigenvalue weighted by molar-refractivity contribution is 0.467. The largest absolute Gasteiger partial charge is 0.508 e. The highest BCUT2D eigenvalue weighted by molar-refractivity contribution is 5.50. The predicted molar refractivity (Wildman–Crippen MR) is 117 cm³/mol. The maximum Gasteiger partial charge on any atom is 0.115 e. The molecule has 0 spiro atoms. The van der Waals surface area contributed by atoms with Crippen molar-refractivity contribution in [1.29, 1.82) is 0 Å². The molecule has 4 aromatic carbocycles. The second kappa shape index (κ2) is 7.84. The van der Waals surface area contributed by atoms with Crippen LogP contribution in [0.5, 0.6) is 11.5 Å². The minimum atomic E-state index is -0.426. The van der Waals surface area contributed by atoms with E-state index in [0.717, 1.165) is 11.1 Å². The summed E-state index contributed by atoms with van der Waals surface area (Å²) in [5.41, 5.74) is 4.19. The summed E-state index contributed by atoms with van der Waals surface area (Å²) in [6.45, 7) is 2.23. The highest BCUT2D eigenvalue weighted by Crippen LogP contribution is 2.48. The topological polar surface area (TPSA) is 40.5 Å². The van der Waals surface area contributed by atoms with Gasteiger partial charge >= 0.3 is 0 Å². The van der Waals surface area contributed by atoms with Crippen molar-refractivity contribution in [2.24, 2.45) is 0 Å². The molecule has 0 aliphatic rings. The molecular formula is C27H24O2. The molecule has 0 aliphatic heterocycles. The second-order valence-electron chi connectivity index (χ2n) is 7.55. The van der Waals surface area contributed by atoms with E-state index in [2.05, 4.69) is 55.5 Å². The summed E-state index contributed by atoms with van der Waals surface area (Å²) in [4.78, 5) is 0. The van der Waals surface area contributed by atoms with Crippen LogP contribution in [0.1, 0.15) is 35.1 Å². The number of phenolic OH excluding ortho intramolecular Hbond substituents is 2. The average molecular weight is 380 g/mol. The average Bonchev–Trinajstić information content (AvgIpc) is 2.76.